The van der Waals surface area contributed by atoms with Crippen molar-refractivity contribution >= 4 is 33.2 Å². The number of nitrogens with zero attached hydrogens (tertiary/aromatic N) is 3. The van der Waals surface area contributed by atoms with E-state index < -0.39 is 6.10 Å². The first-order valence-corrected chi connectivity index (χ1v) is 12.5. The van der Waals surface area contributed by atoms with Crippen molar-refractivity contribution in [1.82, 2.24) is 19.7 Å². The molecule has 0 bridgehead atoms. The molecular weight excluding hydrogens is 452 g/mol. The number of nitrogens with one attached hydrogen (secondary N) is 1. The Kier molecular flexibility index (Phi) is 6.18. The van der Waals surface area contributed by atoms with E-state index in [1.54, 1.807) is 6.33 Å². The number of benzene rings is 2. The summed E-state index contributed by atoms with van der Waals surface area (Å²) in [6.07, 6.45) is 2.55. The molecule has 5 rings (SSSR count). The third-order valence-electron chi connectivity index (χ3n) is 6.32. The molecule has 0 saturated carbocycles. The van der Waals surface area contributed by atoms with Crippen LogP contribution < -0.4 is 5.32 Å². The lowest BCUT2D eigenvalue weighted by molar-refractivity contribution is 0.170. The van der Waals surface area contributed by atoms with Gasteiger partial charge in [0.2, 0.25) is 0 Å². The molecule has 2 aromatic carbocycles. The Morgan fingerprint density at radius 3 is 2.70 bits per heavy atom. The third kappa shape index (κ3) is 4.41. The Morgan fingerprint density at radius 2 is 1.94 bits per heavy atom. The van der Waals surface area contributed by atoms with Crippen LogP contribution in [0.4, 0.5) is 0 Å². The van der Waals surface area contributed by atoms with E-state index in [9.17, 15) is 5.11 Å². The quantitative estimate of drug-likeness (QED) is 0.343. The van der Waals surface area contributed by atoms with Gasteiger partial charge in [0, 0.05) is 40.0 Å². The molecule has 2 aromatic heterocycles. The fraction of sp³-hybridized carbons (Fsp3) is 0.346. The van der Waals surface area contributed by atoms with Gasteiger partial charge in [-0.2, -0.15) is 4.37 Å². The smallest absolute Gasteiger partial charge is 0.116 e. The van der Waals surface area contributed by atoms with Crippen LogP contribution in [-0.4, -0.2) is 25.5 Å². The van der Waals surface area contributed by atoms with Gasteiger partial charge in [-0.25, -0.2) is 9.97 Å². The number of aliphatic hydroxyl groups is 1. The molecule has 170 valence electrons. The number of aromatic nitrogens is 3. The predicted molar refractivity (Wildman–Crippen MR) is 135 cm³/mol. The van der Waals surface area contributed by atoms with E-state index in [0.717, 1.165) is 44.4 Å². The molecular formula is C26H27ClN4OS. The summed E-state index contributed by atoms with van der Waals surface area (Å²) in [5, 5.41) is 15.9. The number of rotatable bonds is 6. The highest BCUT2D eigenvalue weighted by atomic mass is 35.5. The summed E-state index contributed by atoms with van der Waals surface area (Å²) in [4.78, 5) is 8.94. The summed E-state index contributed by atoms with van der Waals surface area (Å²) in [6.45, 7) is 6.45. The Balaban J connectivity index is 1.48. The van der Waals surface area contributed by atoms with Crippen LogP contribution >= 0.6 is 23.1 Å². The van der Waals surface area contributed by atoms with E-state index >= 15 is 0 Å². The van der Waals surface area contributed by atoms with Gasteiger partial charge < -0.3 is 10.4 Å². The van der Waals surface area contributed by atoms with Gasteiger partial charge in [0.1, 0.15) is 6.33 Å². The van der Waals surface area contributed by atoms with Crippen molar-refractivity contribution < 1.29 is 5.11 Å². The average Bonchev–Trinajstić information content (AvgIpc) is 3.33. The topological polar surface area (TPSA) is 70.9 Å². The number of halogens is 1. The minimum atomic E-state index is -0.506. The van der Waals surface area contributed by atoms with Crippen molar-refractivity contribution in [2.45, 2.75) is 57.7 Å². The molecule has 5 nitrogen and oxygen atoms in total. The summed E-state index contributed by atoms with van der Waals surface area (Å²) >= 11 is 7.63. The SMILES string of the molecule is CC(C)NC(Cc1nsc2cc(-c3ncnc4c3[C@H](C)C[C@H]4O)ccc12)c1ccc(Cl)cc1. The monoisotopic (exact) mass is 478 g/mol. The van der Waals surface area contributed by atoms with Gasteiger partial charge in [-0.1, -0.05) is 56.6 Å². The van der Waals surface area contributed by atoms with Gasteiger partial charge in [0.05, 0.1) is 27.9 Å². The van der Waals surface area contributed by atoms with Crippen LogP contribution in [-0.2, 0) is 6.42 Å². The molecule has 4 aromatic rings. The van der Waals surface area contributed by atoms with Gasteiger partial charge in [-0.15, -0.1) is 0 Å². The fourth-order valence-corrected chi connectivity index (χ4v) is 5.77. The molecule has 2 heterocycles. The maximum Gasteiger partial charge on any atom is 0.116 e. The zero-order valence-electron chi connectivity index (χ0n) is 18.9. The van der Waals surface area contributed by atoms with Crippen molar-refractivity contribution in [3.63, 3.8) is 0 Å². The van der Waals surface area contributed by atoms with Gasteiger partial charge in [-0.05, 0) is 47.6 Å². The Hall–Kier alpha value is -2.38. The minimum absolute atomic E-state index is 0.153. The Bertz CT molecular complexity index is 1290. The van der Waals surface area contributed by atoms with Gasteiger partial charge in [0.15, 0.2) is 0 Å². The van der Waals surface area contributed by atoms with Gasteiger partial charge in [-0.3, -0.25) is 0 Å². The molecule has 2 N–H and O–H groups in total. The number of fused-ring (bicyclic) bond motifs is 2. The highest BCUT2D eigenvalue weighted by molar-refractivity contribution is 7.13. The zero-order valence-corrected chi connectivity index (χ0v) is 20.5. The van der Waals surface area contributed by atoms with Crippen LogP contribution in [0, 0.1) is 0 Å². The van der Waals surface area contributed by atoms with Crippen LogP contribution in [0.1, 0.15) is 67.8 Å². The molecule has 33 heavy (non-hydrogen) atoms. The molecule has 1 unspecified atom stereocenters. The average molecular weight is 479 g/mol. The van der Waals surface area contributed by atoms with E-state index in [4.69, 9.17) is 16.0 Å². The zero-order chi connectivity index (χ0) is 23.1. The molecule has 7 heteroatoms. The van der Waals surface area contributed by atoms with E-state index in [2.05, 4.69) is 66.4 Å². The van der Waals surface area contributed by atoms with E-state index in [-0.39, 0.29) is 12.0 Å². The molecule has 0 aliphatic heterocycles. The van der Waals surface area contributed by atoms with Crippen molar-refractivity contribution in [3.8, 4) is 11.3 Å². The molecule has 3 atom stereocenters. The van der Waals surface area contributed by atoms with Crippen LogP contribution in [0.25, 0.3) is 21.3 Å². The molecule has 1 aliphatic carbocycles. The molecule has 0 fully saturated rings. The molecule has 0 saturated heterocycles. The maximum atomic E-state index is 10.3. The lowest BCUT2D eigenvalue weighted by Crippen LogP contribution is -2.29. The lowest BCUT2D eigenvalue weighted by atomic mass is 9.97. The van der Waals surface area contributed by atoms with Crippen LogP contribution in [0.5, 0.6) is 0 Å². The van der Waals surface area contributed by atoms with Crippen LogP contribution in [0.15, 0.2) is 48.8 Å². The molecule has 0 amide bonds. The second-order valence-electron chi connectivity index (χ2n) is 9.14. The van der Waals surface area contributed by atoms with Crippen molar-refractivity contribution in [3.05, 3.63) is 76.3 Å². The Labute approximate surface area is 203 Å². The second-order valence-corrected chi connectivity index (χ2v) is 10.4. The number of hydrogen-bond donors (Lipinski definition) is 2. The van der Waals surface area contributed by atoms with Gasteiger partial charge in [0.25, 0.3) is 0 Å². The standard InChI is InChI=1S/C26H27ClN4OS/c1-14(2)30-20(16-4-7-18(27)8-5-16)12-21-19-9-6-17(11-23(19)33-31-21)25-24-15(3)10-22(32)26(24)29-13-28-25/h4-9,11,13-15,20,22,30,32H,10,12H2,1-3H3/t15-,20?,22-/m1/s1. The summed E-state index contributed by atoms with van der Waals surface area (Å²) in [5.74, 6) is 0.237. The number of aliphatic hydroxyl groups excluding tert-OH is 1. The molecule has 0 radical (unpaired) electrons. The summed E-state index contributed by atoms with van der Waals surface area (Å²) < 4.78 is 5.96. The predicted octanol–water partition coefficient (Wildman–Crippen LogP) is 6.23. The summed E-state index contributed by atoms with van der Waals surface area (Å²) in [7, 11) is 0. The highest BCUT2D eigenvalue weighted by Crippen LogP contribution is 2.43. The fourth-order valence-electron chi connectivity index (χ4n) is 4.80. The summed E-state index contributed by atoms with van der Waals surface area (Å²) in [5.41, 5.74) is 6.09. The van der Waals surface area contributed by atoms with Gasteiger partial charge >= 0.3 is 0 Å². The highest BCUT2D eigenvalue weighted by Gasteiger charge is 2.31. The second kappa shape index (κ2) is 9.11. The largest absolute Gasteiger partial charge is 0.387 e. The first kappa shape index (κ1) is 22.4. The molecule has 1 aliphatic rings. The van der Waals surface area contributed by atoms with Crippen molar-refractivity contribution in [1.29, 1.82) is 0 Å². The van der Waals surface area contributed by atoms with E-state index in [0.29, 0.717) is 12.5 Å². The maximum absolute atomic E-state index is 10.3. The van der Waals surface area contributed by atoms with Crippen molar-refractivity contribution in [2.24, 2.45) is 0 Å². The van der Waals surface area contributed by atoms with Crippen LogP contribution in [0.2, 0.25) is 5.02 Å². The first-order valence-electron chi connectivity index (χ1n) is 11.3. The van der Waals surface area contributed by atoms with Crippen molar-refractivity contribution in [2.75, 3.05) is 0 Å². The van der Waals surface area contributed by atoms with Crippen LogP contribution in [0.3, 0.4) is 0 Å². The number of hydrogen-bond acceptors (Lipinski definition) is 6. The third-order valence-corrected chi connectivity index (χ3v) is 7.42. The first-order chi connectivity index (χ1) is 15.9. The van der Waals surface area contributed by atoms with E-state index in [1.165, 1.54) is 22.5 Å². The molecule has 0 spiro atoms. The van der Waals surface area contributed by atoms with E-state index in [1.807, 2.05) is 12.1 Å². The lowest BCUT2D eigenvalue weighted by Gasteiger charge is -2.21. The Morgan fingerprint density at radius 1 is 1.15 bits per heavy atom. The minimum Gasteiger partial charge on any atom is -0.387 e. The summed E-state index contributed by atoms with van der Waals surface area (Å²) in [6, 6.07) is 15.0. The normalized spacial score (nSPS) is 18.7.